The zero-order valence-electron chi connectivity index (χ0n) is 12.7. The van der Waals surface area contributed by atoms with Crippen molar-refractivity contribution in [3.05, 3.63) is 53.2 Å². The molecule has 2 N–H and O–H groups in total. The third kappa shape index (κ3) is 4.38. The number of rotatable bonds is 6. The Morgan fingerprint density at radius 2 is 2.09 bits per heavy atom. The molecule has 0 aliphatic rings. The SMILES string of the molecule is CC(C)Cc1cc(C(=O)NC(C(=O)O)c2cccc(F)c2)on1. The zero-order chi connectivity index (χ0) is 17.0. The van der Waals surface area contributed by atoms with E-state index in [9.17, 15) is 19.1 Å². The summed E-state index contributed by atoms with van der Waals surface area (Å²) in [5.74, 6) is -2.34. The second-order valence-corrected chi connectivity index (χ2v) is 5.58. The predicted octanol–water partition coefficient (Wildman–Crippen LogP) is 2.57. The maximum absolute atomic E-state index is 13.2. The van der Waals surface area contributed by atoms with Crippen molar-refractivity contribution in [3.8, 4) is 0 Å². The van der Waals surface area contributed by atoms with Crippen LogP contribution in [0, 0.1) is 11.7 Å². The number of carboxylic acids is 1. The highest BCUT2D eigenvalue weighted by Crippen LogP contribution is 2.16. The molecular formula is C16H17FN2O4. The van der Waals surface area contributed by atoms with Gasteiger partial charge in [-0.25, -0.2) is 9.18 Å². The molecule has 0 aliphatic carbocycles. The first-order chi connectivity index (χ1) is 10.9. The summed E-state index contributed by atoms with van der Waals surface area (Å²) in [6.07, 6.45) is 0.642. The average Bonchev–Trinajstić information content (AvgIpc) is 2.91. The second kappa shape index (κ2) is 7.04. The number of carbonyl (C=O) groups is 2. The summed E-state index contributed by atoms with van der Waals surface area (Å²) < 4.78 is 18.2. The molecular weight excluding hydrogens is 303 g/mol. The summed E-state index contributed by atoms with van der Waals surface area (Å²) >= 11 is 0. The molecule has 0 saturated carbocycles. The van der Waals surface area contributed by atoms with Crippen LogP contribution in [0.2, 0.25) is 0 Å². The van der Waals surface area contributed by atoms with Gasteiger partial charge in [-0.2, -0.15) is 0 Å². The van der Waals surface area contributed by atoms with E-state index in [0.717, 1.165) is 6.07 Å². The van der Waals surface area contributed by atoms with Crippen LogP contribution in [0.1, 0.15) is 41.7 Å². The molecule has 1 amide bonds. The summed E-state index contributed by atoms with van der Waals surface area (Å²) in [6.45, 7) is 4.00. The van der Waals surface area contributed by atoms with Crippen molar-refractivity contribution in [3.63, 3.8) is 0 Å². The molecule has 0 fully saturated rings. The van der Waals surface area contributed by atoms with Gasteiger partial charge >= 0.3 is 5.97 Å². The number of nitrogens with one attached hydrogen (secondary N) is 1. The molecule has 2 rings (SSSR count). The molecule has 2 aromatic rings. The minimum atomic E-state index is -1.38. The van der Waals surface area contributed by atoms with E-state index in [0.29, 0.717) is 18.0 Å². The zero-order valence-corrected chi connectivity index (χ0v) is 12.7. The van der Waals surface area contributed by atoms with Gasteiger partial charge in [-0.1, -0.05) is 31.1 Å². The van der Waals surface area contributed by atoms with Crippen molar-refractivity contribution in [1.29, 1.82) is 0 Å². The molecule has 1 aromatic heterocycles. The van der Waals surface area contributed by atoms with E-state index in [-0.39, 0.29) is 11.3 Å². The predicted molar refractivity (Wildman–Crippen MR) is 79.3 cm³/mol. The molecule has 7 heteroatoms. The number of benzene rings is 1. The molecule has 1 atom stereocenters. The smallest absolute Gasteiger partial charge is 0.330 e. The van der Waals surface area contributed by atoms with Gasteiger partial charge in [0.05, 0.1) is 5.69 Å². The van der Waals surface area contributed by atoms with Crippen LogP contribution in [-0.2, 0) is 11.2 Å². The lowest BCUT2D eigenvalue weighted by Gasteiger charge is -2.13. The van der Waals surface area contributed by atoms with Gasteiger partial charge < -0.3 is 14.9 Å². The Morgan fingerprint density at radius 3 is 2.70 bits per heavy atom. The lowest BCUT2D eigenvalue weighted by Crippen LogP contribution is -2.33. The van der Waals surface area contributed by atoms with Crippen molar-refractivity contribution >= 4 is 11.9 Å². The number of aromatic nitrogens is 1. The number of hydrogen-bond donors (Lipinski definition) is 2. The highest BCUT2D eigenvalue weighted by molar-refractivity contribution is 5.94. The highest BCUT2D eigenvalue weighted by Gasteiger charge is 2.25. The van der Waals surface area contributed by atoms with E-state index < -0.39 is 23.7 Å². The van der Waals surface area contributed by atoms with Crippen LogP contribution in [0.25, 0.3) is 0 Å². The summed E-state index contributed by atoms with van der Waals surface area (Å²) in [7, 11) is 0. The molecule has 122 valence electrons. The summed E-state index contributed by atoms with van der Waals surface area (Å²) in [4.78, 5) is 23.5. The van der Waals surface area contributed by atoms with E-state index >= 15 is 0 Å². The fourth-order valence-corrected chi connectivity index (χ4v) is 2.11. The van der Waals surface area contributed by atoms with E-state index in [1.54, 1.807) is 0 Å². The topological polar surface area (TPSA) is 92.4 Å². The number of carboxylic acid groups (broad SMARTS) is 1. The van der Waals surface area contributed by atoms with Crippen molar-refractivity contribution < 1.29 is 23.6 Å². The Bertz CT molecular complexity index is 712. The van der Waals surface area contributed by atoms with Crippen LogP contribution in [0.15, 0.2) is 34.9 Å². The van der Waals surface area contributed by atoms with Gasteiger partial charge in [-0.3, -0.25) is 4.79 Å². The van der Waals surface area contributed by atoms with Crippen molar-refractivity contribution in [2.45, 2.75) is 26.3 Å². The Labute approximate surface area is 132 Å². The van der Waals surface area contributed by atoms with Gasteiger partial charge in [0.1, 0.15) is 5.82 Å². The van der Waals surface area contributed by atoms with E-state index in [1.165, 1.54) is 24.3 Å². The van der Waals surface area contributed by atoms with Gasteiger partial charge in [0.25, 0.3) is 5.91 Å². The molecule has 0 radical (unpaired) electrons. The fourth-order valence-electron chi connectivity index (χ4n) is 2.11. The number of hydrogen-bond acceptors (Lipinski definition) is 4. The number of carbonyl (C=O) groups excluding carboxylic acids is 1. The molecule has 1 aromatic carbocycles. The quantitative estimate of drug-likeness (QED) is 0.853. The van der Waals surface area contributed by atoms with Gasteiger partial charge in [0.15, 0.2) is 6.04 Å². The normalized spacial score (nSPS) is 12.2. The maximum atomic E-state index is 13.2. The van der Waals surface area contributed by atoms with Crippen molar-refractivity contribution in [1.82, 2.24) is 10.5 Å². The first kappa shape index (κ1) is 16.7. The molecule has 1 heterocycles. The molecule has 1 unspecified atom stereocenters. The summed E-state index contributed by atoms with van der Waals surface area (Å²) in [6, 6.07) is 5.15. The third-order valence-corrected chi connectivity index (χ3v) is 3.10. The van der Waals surface area contributed by atoms with E-state index in [2.05, 4.69) is 10.5 Å². The molecule has 0 aliphatic heterocycles. The van der Waals surface area contributed by atoms with Crippen molar-refractivity contribution in [2.24, 2.45) is 5.92 Å². The van der Waals surface area contributed by atoms with Crippen molar-refractivity contribution in [2.75, 3.05) is 0 Å². The van der Waals surface area contributed by atoms with Crippen LogP contribution in [0.3, 0.4) is 0 Å². The number of aliphatic carboxylic acids is 1. The molecule has 0 saturated heterocycles. The standard InChI is InChI=1S/C16H17FN2O4/c1-9(2)6-12-8-13(23-19-12)15(20)18-14(16(21)22)10-4-3-5-11(17)7-10/h3-5,7-9,14H,6H2,1-2H3,(H,18,20)(H,21,22). The largest absolute Gasteiger partial charge is 0.479 e. The lowest BCUT2D eigenvalue weighted by atomic mass is 10.1. The monoisotopic (exact) mass is 320 g/mol. The molecule has 6 nitrogen and oxygen atoms in total. The van der Waals surface area contributed by atoms with Gasteiger partial charge in [0, 0.05) is 6.07 Å². The first-order valence-corrected chi connectivity index (χ1v) is 7.11. The Hall–Kier alpha value is -2.70. The molecule has 0 spiro atoms. The highest BCUT2D eigenvalue weighted by atomic mass is 19.1. The van der Waals surface area contributed by atoms with E-state index in [4.69, 9.17) is 4.52 Å². The maximum Gasteiger partial charge on any atom is 0.330 e. The Kier molecular flexibility index (Phi) is 5.10. The van der Waals surface area contributed by atoms with Gasteiger partial charge in [-0.05, 0) is 30.0 Å². The lowest BCUT2D eigenvalue weighted by molar-refractivity contribution is -0.139. The Balaban J connectivity index is 2.15. The number of halogens is 1. The van der Waals surface area contributed by atoms with Crippen LogP contribution < -0.4 is 5.32 Å². The molecule has 0 bridgehead atoms. The van der Waals surface area contributed by atoms with Gasteiger partial charge in [-0.15, -0.1) is 0 Å². The van der Waals surface area contributed by atoms with Crippen LogP contribution >= 0.6 is 0 Å². The minimum Gasteiger partial charge on any atom is -0.479 e. The second-order valence-electron chi connectivity index (χ2n) is 5.58. The fraction of sp³-hybridized carbons (Fsp3) is 0.312. The Morgan fingerprint density at radius 1 is 1.35 bits per heavy atom. The van der Waals surface area contributed by atoms with E-state index in [1.807, 2.05) is 13.8 Å². The van der Waals surface area contributed by atoms with Gasteiger partial charge in [0.2, 0.25) is 5.76 Å². The first-order valence-electron chi connectivity index (χ1n) is 7.11. The third-order valence-electron chi connectivity index (χ3n) is 3.10. The summed E-state index contributed by atoms with van der Waals surface area (Å²) in [5, 5.41) is 15.3. The van der Waals surface area contributed by atoms with Crippen LogP contribution in [0.5, 0.6) is 0 Å². The summed E-state index contributed by atoms with van der Waals surface area (Å²) in [5.41, 5.74) is 0.746. The minimum absolute atomic E-state index is 0.0803. The average molecular weight is 320 g/mol. The van der Waals surface area contributed by atoms with Crippen LogP contribution in [-0.4, -0.2) is 22.1 Å². The van der Waals surface area contributed by atoms with Crippen LogP contribution in [0.4, 0.5) is 4.39 Å². The number of amides is 1. The number of nitrogens with zero attached hydrogens (tertiary/aromatic N) is 1. The molecule has 23 heavy (non-hydrogen) atoms.